The van der Waals surface area contributed by atoms with Crippen LogP contribution in [0.1, 0.15) is 39.3 Å². The smallest absolute Gasteiger partial charge is 0.127 e. The molecule has 2 unspecified atom stereocenters. The van der Waals surface area contributed by atoms with Crippen LogP contribution in [-0.4, -0.2) is 31.1 Å². The zero-order valence-corrected chi connectivity index (χ0v) is 12.8. The minimum Gasteiger partial charge on any atom is -0.314 e. The summed E-state index contributed by atoms with van der Waals surface area (Å²) < 4.78 is 13.8. The highest BCUT2D eigenvalue weighted by Crippen LogP contribution is 2.22. The highest BCUT2D eigenvalue weighted by atomic mass is 19.1. The van der Waals surface area contributed by atoms with Crippen LogP contribution in [0.4, 0.5) is 4.39 Å². The third kappa shape index (κ3) is 5.29. The number of benzene rings is 1. The molecule has 0 bridgehead atoms. The minimum absolute atomic E-state index is 0.0997. The lowest BCUT2D eigenvalue weighted by atomic mass is 10.0. The first-order chi connectivity index (χ1) is 8.91. The van der Waals surface area contributed by atoms with Gasteiger partial charge in [0.1, 0.15) is 5.82 Å². The summed E-state index contributed by atoms with van der Waals surface area (Å²) in [7, 11) is 2.06. The van der Waals surface area contributed by atoms with Gasteiger partial charge in [-0.25, -0.2) is 4.39 Å². The molecule has 0 heterocycles. The predicted molar refractivity (Wildman–Crippen MR) is 79.7 cm³/mol. The van der Waals surface area contributed by atoms with Crippen molar-refractivity contribution >= 4 is 0 Å². The molecular weight excluding hydrogens is 239 g/mol. The molecule has 0 aliphatic carbocycles. The molecule has 0 spiro atoms. The van der Waals surface area contributed by atoms with E-state index in [4.69, 9.17) is 0 Å². The predicted octanol–water partition coefficient (Wildman–Crippen LogP) is 3.45. The number of nitrogens with one attached hydrogen (secondary N) is 1. The monoisotopic (exact) mass is 266 g/mol. The molecule has 0 saturated carbocycles. The van der Waals surface area contributed by atoms with Crippen LogP contribution in [0.15, 0.2) is 24.3 Å². The maximum absolute atomic E-state index is 13.8. The van der Waals surface area contributed by atoms with Crippen molar-refractivity contribution < 1.29 is 4.39 Å². The maximum Gasteiger partial charge on any atom is 0.127 e. The van der Waals surface area contributed by atoms with Crippen LogP contribution >= 0.6 is 0 Å². The Morgan fingerprint density at radius 3 is 2.37 bits per heavy atom. The number of hydrogen-bond donors (Lipinski definition) is 1. The van der Waals surface area contributed by atoms with Gasteiger partial charge in [-0.15, -0.1) is 0 Å². The molecule has 1 aromatic carbocycles. The molecule has 1 N–H and O–H groups in total. The molecule has 0 radical (unpaired) electrons. The second-order valence-corrected chi connectivity index (χ2v) is 5.81. The molecule has 108 valence electrons. The van der Waals surface area contributed by atoms with Crippen LogP contribution in [0.3, 0.4) is 0 Å². The standard InChI is InChI=1S/C16H27FN2/c1-12(2)18-10-13(3)11-19(5)14(4)15-8-6-7-9-16(15)17/h6-9,12-14,18H,10-11H2,1-5H3. The van der Waals surface area contributed by atoms with E-state index in [-0.39, 0.29) is 11.9 Å². The zero-order valence-electron chi connectivity index (χ0n) is 12.8. The molecular formula is C16H27FN2. The van der Waals surface area contributed by atoms with Gasteiger partial charge in [0.2, 0.25) is 0 Å². The Kier molecular flexibility index (Phi) is 6.46. The van der Waals surface area contributed by atoms with E-state index in [0.717, 1.165) is 18.7 Å². The Balaban J connectivity index is 2.53. The van der Waals surface area contributed by atoms with E-state index in [0.29, 0.717) is 12.0 Å². The second kappa shape index (κ2) is 7.61. The van der Waals surface area contributed by atoms with Gasteiger partial charge in [0.25, 0.3) is 0 Å². The first-order valence-electron chi connectivity index (χ1n) is 7.09. The summed E-state index contributed by atoms with van der Waals surface area (Å²) in [5.41, 5.74) is 0.772. The molecule has 0 saturated heterocycles. The van der Waals surface area contributed by atoms with E-state index < -0.39 is 0 Å². The fraction of sp³-hybridized carbons (Fsp3) is 0.625. The lowest BCUT2D eigenvalue weighted by molar-refractivity contribution is 0.218. The molecule has 1 aromatic rings. The summed E-state index contributed by atoms with van der Waals surface area (Å²) in [5, 5.41) is 3.44. The van der Waals surface area contributed by atoms with E-state index in [1.165, 1.54) is 6.07 Å². The Hall–Kier alpha value is -0.930. The van der Waals surface area contributed by atoms with Gasteiger partial charge in [0.15, 0.2) is 0 Å². The van der Waals surface area contributed by atoms with Crippen molar-refractivity contribution in [2.45, 2.75) is 39.8 Å². The first-order valence-corrected chi connectivity index (χ1v) is 7.09. The van der Waals surface area contributed by atoms with Crippen molar-refractivity contribution in [3.8, 4) is 0 Å². The van der Waals surface area contributed by atoms with Gasteiger partial charge in [-0.2, -0.15) is 0 Å². The SMILES string of the molecule is CC(CNC(C)C)CN(C)C(C)c1ccccc1F. The third-order valence-electron chi connectivity index (χ3n) is 3.49. The van der Waals surface area contributed by atoms with E-state index in [1.807, 2.05) is 12.1 Å². The van der Waals surface area contributed by atoms with Crippen LogP contribution in [0, 0.1) is 11.7 Å². The molecule has 3 heteroatoms. The molecule has 0 amide bonds. The molecule has 2 atom stereocenters. The number of hydrogen-bond acceptors (Lipinski definition) is 2. The summed E-state index contributed by atoms with van der Waals surface area (Å²) in [6.45, 7) is 10.5. The zero-order chi connectivity index (χ0) is 14.4. The van der Waals surface area contributed by atoms with Crippen LogP contribution < -0.4 is 5.32 Å². The molecule has 2 nitrogen and oxygen atoms in total. The average molecular weight is 266 g/mol. The van der Waals surface area contributed by atoms with E-state index >= 15 is 0 Å². The fourth-order valence-corrected chi connectivity index (χ4v) is 2.20. The van der Waals surface area contributed by atoms with E-state index in [2.05, 4.69) is 45.0 Å². The fourth-order valence-electron chi connectivity index (χ4n) is 2.20. The van der Waals surface area contributed by atoms with Crippen LogP contribution in [0.5, 0.6) is 0 Å². The summed E-state index contributed by atoms with van der Waals surface area (Å²) in [6, 6.07) is 7.64. The quantitative estimate of drug-likeness (QED) is 0.813. The number of nitrogens with zero attached hydrogens (tertiary/aromatic N) is 1. The van der Waals surface area contributed by atoms with Gasteiger partial charge in [0, 0.05) is 24.2 Å². The molecule has 0 fully saturated rings. The van der Waals surface area contributed by atoms with Gasteiger partial charge < -0.3 is 5.32 Å². The van der Waals surface area contributed by atoms with Crippen LogP contribution in [0.25, 0.3) is 0 Å². The molecule has 19 heavy (non-hydrogen) atoms. The van der Waals surface area contributed by atoms with Gasteiger partial charge in [-0.05, 0) is 32.5 Å². The topological polar surface area (TPSA) is 15.3 Å². The molecule has 0 aliphatic rings. The van der Waals surface area contributed by atoms with Gasteiger partial charge in [0.05, 0.1) is 0 Å². The first kappa shape index (κ1) is 16.1. The van der Waals surface area contributed by atoms with Gasteiger partial charge >= 0.3 is 0 Å². The highest BCUT2D eigenvalue weighted by molar-refractivity contribution is 5.20. The summed E-state index contributed by atoms with van der Waals surface area (Å²) in [5.74, 6) is 0.427. The second-order valence-electron chi connectivity index (χ2n) is 5.81. The van der Waals surface area contributed by atoms with Crippen molar-refractivity contribution in [1.29, 1.82) is 0 Å². The molecule has 1 rings (SSSR count). The maximum atomic E-state index is 13.8. The van der Waals surface area contributed by atoms with Gasteiger partial charge in [-0.3, -0.25) is 4.90 Å². The average Bonchev–Trinajstić information content (AvgIpc) is 2.36. The normalized spacial score (nSPS) is 14.9. The Morgan fingerprint density at radius 2 is 1.79 bits per heavy atom. The van der Waals surface area contributed by atoms with Crippen LogP contribution in [-0.2, 0) is 0 Å². The largest absolute Gasteiger partial charge is 0.314 e. The summed E-state index contributed by atoms with van der Waals surface area (Å²) in [6.07, 6.45) is 0. The Bertz CT molecular complexity index is 379. The number of halogens is 1. The van der Waals surface area contributed by atoms with Crippen LogP contribution in [0.2, 0.25) is 0 Å². The summed E-state index contributed by atoms with van der Waals surface area (Å²) in [4.78, 5) is 2.21. The van der Waals surface area contributed by atoms with Crippen molar-refractivity contribution in [2.24, 2.45) is 5.92 Å². The van der Waals surface area contributed by atoms with Gasteiger partial charge in [-0.1, -0.05) is 39.0 Å². The molecule has 0 aliphatic heterocycles. The summed E-state index contributed by atoms with van der Waals surface area (Å²) >= 11 is 0. The lowest BCUT2D eigenvalue weighted by Gasteiger charge is -2.28. The van der Waals surface area contributed by atoms with E-state index in [9.17, 15) is 4.39 Å². The number of rotatable bonds is 7. The third-order valence-corrected chi connectivity index (χ3v) is 3.49. The van der Waals surface area contributed by atoms with Crippen molar-refractivity contribution in [3.05, 3.63) is 35.6 Å². The van der Waals surface area contributed by atoms with E-state index in [1.54, 1.807) is 6.07 Å². The Morgan fingerprint density at radius 1 is 1.16 bits per heavy atom. The highest BCUT2D eigenvalue weighted by Gasteiger charge is 2.17. The Labute approximate surface area is 117 Å². The van der Waals surface area contributed by atoms with Crippen molar-refractivity contribution in [2.75, 3.05) is 20.1 Å². The van der Waals surface area contributed by atoms with Crippen molar-refractivity contribution in [3.63, 3.8) is 0 Å². The van der Waals surface area contributed by atoms with Crippen molar-refractivity contribution in [1.82, 2.24) is 10.2 Å². The lowest BCUT2D eigenvalue weighted by Crippen LogP contribution is -2.35. The minimum atomic E-state index is -0.116. The molecule has 0 aromatic heterocycles.